The van der Waals surface area contributed by atoms with Crippen LogP contribution in [0.4, 0.5) is 0 Å². The molecule has 0 aliphatic carbocycles. The van der Waals surface area contributed by atoms with Crippen molar-refractivity contribution in [2.45, 2.75) is 18.2 Å². The fraction of sp³-hybridized carbons (Fsp3) is 0.160. The summed E-state index contributed by atoms with van der Waals surface area (Å²) in [6.07, 6.45) is 0. The highest BCUT2D eigenvalue weighted by atomic mass is 35.5. The minimum atomic E-state index is -0.108. The van der Waals surface area contributed by atoms with Crippen molar-refractivity contribution in [3.63, 3.8) is 0 Å². The number of benzene rings is 3. The highest BCUT2D eigenvalue weighted by Gasteiger charge is 2.18. The lowest BCUT2D eigenvalue weighted by Crippen LogP contribution is -2.24. The maximum atomic E-state index is 12.5. The number of hydrogen-bond acceptors (Lipinski definition) is 6. The standard InChI is InChI=1S/C25H21ClN4O3S/c26-20-9-5-4-8-19(20)13-27-23(31)15-34-25-29-28-24(18-6-2-1-3-7-18)30(25)14-17-10-11-21-22(12-17)33-16-32-21/h1-12H,13-16H2,(H,27,31). The number of thioether (sulfide) groups is 1. The summed E-state index contributed by atoms with van der Waals surface area (Å²) in [5.41, 5.74) is 2.84. The van der Waals surface area contributed by atoms with E-state index in [-0.39, 0.29) is 18.5 Å². The number of rotatable bonds is 8. The van der Waals surface area contributed by atoms with Crippen LogP contribution in [0.15, 0.2) is 78.0 Å². The van der Waals surface area contributed by atoms with E-state index >= 15 is 0 Å². The Hall–Kier alpha value is -3.49. The molecule has 0 saturated heterocycles. The second-order valence-corrected chi connectivity index (χ2v) is 8.95. The van der Waals surface area contributed by atoms with E-state index in [4.69, 9.17) is 21.1 Å². The predicted molar refractivity (Wildman–Crippen MR) is 131 cm³/mol. The smallest absolute Gasteiger partial charge is 0.231 e. The van der Waals surface area contributed by atoms with Gasteiger partial charge in [0.15, 0.2) is 22.5 Å². The van der Waals surface area contributed by atoms with Crippen molar-refractivity contribution < 1.29 is 14.3 Å². The first kappa shape index (κ1) is 22.3. The average Bonchev–Trinajstić information content (AvgIpc) is 3.49. The largest absolute Gasteiger partial charge is 0.454 e. The molecule has 9 heteroatoms. The summed E-state index contributed by atoms with van der Waals surface area (Å²) in [6.45, 7) is 1.13. The average molecular weight is 493 g/mol. The quantitative estimate of drug-likeness (QED) is 0.356. The van der Waals surface area contributed by atoms with Crippen LogP contribution in [0.5, 0.6) is 11.5 Å². The lowest BCUT2D eigenvalue weighted by atomic mass is 10.2. The Morgan fingerprint density at radius 3 is 2.65 bits per heavy atom. The van der Waals surface area contributed by atoms with Crippen molar-refractivity contribution in [2.75, 3.05) is 12.5 Å². The second kappa shape index (κ2) is 10.2. The third-order valence-electron chi connectivity index (χ3n) is 5.29. The molecule has 0 spiro atoms. The summed E-state index contributed by atoms with van der Waals surface area (Å²) in [7, 11) is 0. The first-order valence-electron chi connectivity index (χ1n) is 10.7. The van der Waals surface area contributed by atoms with Gasteiger partial charge in [0.05, 0.1) is 12.3 Å². The van der Waals surface area contributed by atoms with E-state index in [0.717, 1.165) is 34.0 Å². The molecule has 4 aromatic rings. The van der Waals surface area contributed by atoms with Gasteiger partial charge in [0.25, 0.3) is 0 Å². The van der Waals surface area contributed by atoms with Gasteiger partial charge in [0.1, 0.15) is 0 Å². The summed E-state index contributed by atoms with van der Waals surface area (Å²) in [5.74, 6) is 2.29. The first-order valence-corrected chi connectivity index (χ1v) is 12.0. The Kier molecular flexibility index (Phi) is 6.69. The number of halogens is 1. The van der Waals surface area contributed by atoms with Gasteiger partial charge in [-0.15, -0.1) is 10.2 Å². The Bertz CT molecular complexity index is 1310. The molecule has 0 unspecified atom stereocenters. The van der Waals surface area contributed by atoms with E-state index in [2.05, 4.69) is 15.5 Å². The molecule has 0 fully saturated rings. The van der Waals surface area contributed by atoms with Crippen LogP contribution in [0, 0.1) is 0 Å². The molecule has 0 radical (unpaired) electrons. The minimum Gasteiger partial charge on any atom is -0.454 e. The van der Waals surface area contributed by atoms with Gasteiger partial charge >= 0.3 is 0 Å². The van der Waals surface area contributed by atoms with Crippen LogP contribution in [0.2, 0.25) is 5.02 Å². The Morgan fingerprint density at radius 1 is 1.00 bits per heavy atom. The second-order valence-electron chi connectivity index (χ2n) is 7.60. The van der Waals surface area contributed by atoms with Gasteiger partial charge < -0.3 is 14.8 Å². The van der Waals surface area contributed by atoms with Crippen LogP contribution in [-0.4, -0.2) is 33.2 Å². The van der Waals surface area contributed by atoms with Crippen LogP contribution >= 0.6 is 23.4 Å². The molecule has 0 saturated carbocycles. The number of hydrogen-bond donors (Lipinski definition) is 1. The van der Waals surface area contributed by atoms with Gasteiger partial charge in [-0.2, -0.15) is 0 Å². The maximum absolute atomic E-state index is 12.5. The van der Waals surface area contributed by atoms with E-state index in [0.29, 0.717) is 23.3 Å². The Morgan fingerprint density at radius 2 is 1.79 bits per heavy atom. The third kappa shape index (κ3) is 5.03. The molecule has 34 heavy (non-hydrogen) atoms. The Labute approximate surface area is 206 Å². The molecule has 5 rings (SSSR count). The van der Waals surface area contributed by atoms with Crippen molar-refractivity contribution in [1.29, 1.82) is 0 Å². The minimum absolute atomic E-state index is 0.108. The number of amides is 1. The molecule has 1 amide bonds. The van der Waals surface area contributed by atoms with Crippen molar-refractivity contribution in [2.24, 2.45) is 0 Å². The third-order valence-corrected chi connectivity index (χ3v) is 6.63. The van der Waals surface area contributed by atoms with Crippen molar-refractivity contribution in [3.05, 3.63) is 88.9 Å². The molecule has 0 atom stereocenters. The number of nitrogens with one attached hydrogen (secondary N) is 1. The van der Waals surface area contributed by atoms with Gasteiger partial charge in [-0.3, -0.25) is 9.36 Å². The number of aromatic nitrogens is 3. The van der Waals surface area contributed by atoms with Crippen LogP contribution in [-0.2, 0) is 17.9 Å². The molecular weight excluding hydrogens is 472 g/mol. The van der Waals surface area contributed by atoms with Gasteiger partial charge in [-0.1, -0.05) is 78.0 Å². The van der Waals surface area contributed by atoms with Crippen LogP contribution in [0.1, 0.15) is 11.1 Å². The highest BCUT2D eigenvalue weighted by Crippen LogP contribution is 2.33. The fourth-order valence-corrected chi connectivity index (χ4v) is 4.55. The summed E-state index contributed by atoms with van der Waals surface area (Å²) < 4.78 is 13.0. The van der Waals surface area contributed by atoms with Crippen LogP contribution in [0.3, 0.4) is 0 Å². The highest BCUT2D eigenvalue weighted by molar-refractivity contribution is 7.99. The van der Waals surface area contributed by atoms with Crippen molar-refractivity contribution in [3.8, 4) is 22.9 Å². The number of carbonyl (C=O) groups is 1. The van der Waals surface area contributed by atoms with E-state index in [1.807, 2.05) is 77.4 Å². The van der Waals surface area contributed by atoms with Gasteiger partial charge in [0.2, 0.25) is 12.7 Å². The van der Waals surface area contributed by atoms with Crippen LogP contribution in [0.25, 0.3) is 11.4 Å². The molecule has 1 aliphatic rings. The zero-order valence-corrected chi connectivity index (χ0v) is 19.7. The maximum Gasteiger partial charge on any atom is 0.231 e. The lowest BCUT2D eigenvalue weighted by molar-refractivity contribution is -0.118. The summed E-state index contributed by atoms with van der Waals surface area (Å²) >= 11 is 7.52. The van der Waals surface area contributed by atoms with Gasteiger partial charge in [-0.05, 0) is 29.3 Å². The van der Waals surface area contributed by atoms with Crippen LogP contribution < -0.4 is 14.8 Å². The number of fused-ring (bicyclic) bond motifs is 1. The normalized spacial score (nSPS) is 12.0. The molecular formula is C25H21ClN4O3S. The molecule has 7 nitrogen and oxygen atoms in total. The zero-order valence-electron chi connectivity index (χ0n) is 18.1. The fourth-order valence-electron chi connectivity index (χ4n) is 3.58. The predicted octanol–water partition coefficient (Wildman–Crippen LogP) is 4.78. The lowest BCUT2D eigenvalue weighted by Gasteiger charge is -2.11. The van der Waals surface area contributed by atoms with E-state index in [1.54, 1.807) is 0 Å². The summed E-state index contributed by atoms with van der Waals surface area (Å²) in [4.78, 5) is 12.5. The van der Waals surface area contributed by atoms with Gasteiger partial charge in [0, 0.05) is 17.1 Å². The molecule has 2 heterocycles. The monoisotopic (exact) mass is 492 g/mol. The van der Waals surface area contributed by atoms with Crippen molar-refractivity contribution >= 4 is 29.3 Å². The number of carbonyl (C=O) groups excluding carboxylic acids is 1. The number of nitrogens with zero attached hydrogens (tertiary/aromatic N) is 3. The number of ether oxygens (including phenoxy) is 2. The van der Waals surface area contributed by atoms with Gasteiger partial charge in [-0.25, -0.2) is 0 Å². The summed E-state index contributed by atoms with van der Waals surface area (Å²) in [5, 5.41) is 13.0. The zero-order chi connectivity index (χ0) is 23.3. The summed E-state index contributed by atoms with van der Waals surface area (Å²) in [6, 6.07) is 23.2. The molecule has 1 N–H and O–H groups in total. The van der Waals surface area contributed by atoms with E-state index in [9.17, 15) is 4.79 Å². The SMILES string of the molecule is O=C(CSc1nnc(-c2ccccc2)n1Cc1ccc2c(c1)OCO2)NCc1ccccc1Cl. The van der Waals surface area contributed by atoms with Crippen molar-refractivity contribution in [1.82, 2.24) is 20.1 Å². The molecule has 0 bridgehead atoms. The molecule has 1 aliphatic heterocycles. The Balaban J connectivity index is 1.33. The molecule has 1 aromatic heterocycles. The van der Waals surface area contributed by atoms with E-state index < -0.39 is 0 Å². The molecule has 172 valence electrons. The first-order chi connectivity index (χ1) is 16.7. The molecule has 3 aromatic carbocycles. The van der Waals surface area contributed by atoms with E-state index in [1.165, 1.54) is 11.8 Å². The topological polar surface area (TPSA) is 78.3 Å².